The molecule has 6 nitrogen and oxygen atoms in total. The number of carbonyl (C=O) groups excluding carboxylic acids is 2. The van der Waals surface area contributed by atoms with Gasteiger partial charge in [-0.2, -0.15) is 0 Å². The minimum Gasteiger partial charge on any atom is -0.349 e. The van der Waals surface area contributed by atoms with Crippen molar-refractivity contribution in [2.45, 2.75) is 44.9 Å². The fraction of sp³-hybridized carbons (Fsp3) is 0.476. The zero-order valence-electron chi connectivity index (χ0n) is 15.6. The molecule has 3 heterocycles. The molecule has 1 saturated heterocycles. The second-order valence-electron chi connectivity index (χ2n) is 7.35. The van der Waals surface area contributed by atoms with Gasteiger partial charge in [0.1, 0.15) is 0 Å². The lowest BCUT2D eigenvalue weighted by molar-refractivity contribution is 0.0789. The zero-order valence-corrected chi connectivity index (χ0v) is 15.6. The van der Waals surface area contributed by atoms with E-state index in [4.69, 9.17) is 0 Å². The van der Waals surface area contributed by atoms with Gasteiger partial charge in [0.15, 0.2) is 5.69 Å². The van der Waals surface area contributed by atoms with E-state index in [2.05, 4.69) is 16.4 Å². The van der Waals surface area contributed by atoms with Gasteiger partial charge in [0.25, 0.3) is 11.8 Å². The van der Waals surface area contributed by atoms with Crippen molar-refractivity contribution in [2.24, 2.45) is 0 Å². The van der Waals surface area contributed by atoms with Crippen LogP contribution in [0.5, 0.6) is 0 Å². The Morgan fingerprint density at radius 2 is 1.96 bits per heavy atom. The van der Waals surface area contributed by atoms with Crippen LogP contribution in [0.3, 0.4) is 0 Å². The number of amides is 2. The van der Waals surface area contributed by atoms with Crippen LogP contribution in [0.4, 0.5) is 0 Å². The monoisotopic (exact) mass is 366 g/mol. The molecule has 2 aliphatic rings. The van der Waals surface area contributed by atoms with Crippen LogP contribution < -0.4 is 5.32 Å². The van der Waals surface area contributed by atoms with E-state index in [9.17, 15) is 9.59 Å². The molecule has 0 bridgehead atoms. The Kier molecular flexibility index (Phi) is 5.23. The zero-order chi connectivity index (χ0) is 18.6. The topological polar surface area (TPSA) is 66.7 Å². The molecule has 0 atom stereocenters. The highest BCUT2D eigenvalue weighted by Crippen LogP contribution is 2.20. The fourth-order valence-electron chi connectivity index (χ4n) is 3.97. The molecule has 0 unspecified atom stereocenters. The predicted molar refractivity (Wildman–Crippen MR) is 104 cm³/mol. The summed E-state index contributed by atoms with van der Waals surface area (Å²) in [6.45, 7) is 2.13. The van der Waals surface area contributed by atoms with Crippen LogP contribution >= 0.6 is 0 Å². The summed E-state index contributed by atoms with van der Waals surface area (Å²) in [4.78, 5) is 31.8. The number of fused-ring (bicyclic) bond motifs is 1. The molecule has 6 heteroatoms. The summed E-state index contributed by atoms with van der Waals surface area (Å²) in [6, 6.07) is 5.57. The van der Waals surface area contributed by atoms with Gasteiger partial charge in [-0.05, 0) is 57.1 Å². The molecular weight excluding hydrogens is 340 g/mol. The number of hydrogen-bond donors (Lipinski definition) is 1. The first-order chi connectivity index (χ1) is 13.2. The maximum atomic E-state index is 12.8. The normalized spacial score (nSPS) is 17.2. The number of likely N-dealkylation sites (tertiary alicyclic amines) is 1. The highest BCUT2D eigenvalue weighted by atomic mass is 16.2. The van der Waals surface area contributed by atoms with Gasteiger partial charge >= 0.3 is 0 Å². The number of nitrogens with one attached hydrogen (secondary N) is 1. The summed E-state index contributed by atoms with van der Waals surface area (Å²) in [5.41, 5.74) is 2.49. The van der Waals surface area contributed by atoms with Crippen molar-refractivity contribution in [1.29, 1.82) is 0 Å². The fourth-order valence-corrected chi connectivity index (χ4v) is 3.97. The predicted octanol–water partition coefficient (Wildman–Crippen LogP) is 3.19. The molecule has 1 N–H and O–H groups in total. The maximum absolute atomic E-state index is 12.8. The Labute approximate surface area is 159 Å². The number of hydrogen-bond acceptors (Lipinski definition) is 3. The summed E-state index contributed by atoms with van der Waals surface area (Å²) in [5, 5.41) is 2.97. The summed E-state index contributed by atoms with van der Waals surface area (Å²) < 4.78 is 1.72. The molecular formula is C21H26N4O2. The molecule has 0 radical (unpaired) electrons. The van der Waals surface area contributed by atoms with Crippen LogP contribution in [0.25, 0.3) is 5.52 Å². The smallest absolute Gasteiger partial charge is 0.287 e. The van der Waals surface area contributed by atoms with Crippen molar-refractivity contribution >= 4 is 17.3 Å². The van der Waals surface area contributed by atoms with E-state index in [1.165, 1.54) is 18.4 Å². The number of carbonyl (C=O) groups is 2. The molecule has 4 rings (SSSR count). The first-order valence-corrected chi connectivity index (χ1v) is 9.96. The Bertz CT molecular complexity index is 877. The van der Waals surface area contributed by atoms with Gasteiger partial charge in [-0.25, -0.2) is 4.98 Å². The second-order valence-corrected chi connectivity index (χ2v) is 7.35. The summed E-state index contributed by atoms with van der Waals surface area (Å²) in [6.07, 6.45) is 11.8. The van der Waals surface area contributed by atoms with Gasteiger partial charge in [0, 0.05) is 25.8 Å². The third-order valence-electron chi connectivity index (χ3n) is 5.46. The molecule has 27 heavy (non-hydrogen) atoms. The van der Waals surface area contributed by atoms with Crippen LogP contribution in [0, 0.1) is 0 Å². The van der Waals surface area contributed by atoms with Gasteiger partial charge in [-0.1, -0.05) is 17.7 Å². The molecule has 1 aliphatic heterocycles. The van der Waals surface area contributed by atoms with Crippen LogP contribution in [0.15, 0.2) is 36.0 Å². The average Bonchev–Trinajstić information content (AvgIpc) is 3.37. The van der Waals surface area contributed by atoms with Crippen molar-refractivity contribution in [3.05, 3.63) is 47.6 Å². The molecule has 2 aromatic rings. The molecule has 1 fully saturated rings. The summed E-state index contributed by atoms with van der Waals surface area (Å²) in [7, 11) is 0. The van der Waals surface area contributed by atoms with Gasteiger partial charge in [0.2, 0.25) is 5.82 Å². The number of rotatable bonds is 5. The largest absolute Gasteiger partial charge is 0.349 e. The van der Waals surface area contributed by atoms with E-state index < -0.39 is 0 Å². The second kappa shape index (κ2) is 7.94. The lowest BCUT2D eigenvalue weighted by Gasteiger charge is -2.13. The average molecular weight is 366 g/mol. The van der Waals surface area contributed by atoms with E-state index in [-0.39, 0.29) is 17.6 Å². The van der Waals surface area contributed by atoms with Crippen molar-refractivity contribution in [3.63, 3.8) is 0 Å². The Balaban J connectivity index is 1.51. The quantitative estimate of drug-likeness (QED) is 0.827. The number of pyridine rings is 1. The van der Waals surface area contributed by atoms with Crippen molar-refractivity contribution < 1.29 is 9.59 Å². The number of nitrogens with zero attached hydrogens (tertiary/aromatic N) is 3. The number of allylic oxidation sites excluding steroid dienone is 1. The maximum Gasteiger partial charge on any atom is 0.287 e. The molecule has 0 saturated carbocycles. The van der Waals surface area contributed by atoms with E-state index in [1.807, 2.05) is 23.1 Å². The van der Waals surface area contributed by atoms with E-state index >= 15 is 0 Å². The van der Waals surface area contributed by atoms with Gasteiger partial charge < -0.3 is 10.2 Å². The van der Waals surface area contributed by atoms with Gasteiger partial charge in [0.05, 0.1) is 5.52 Å². The first kappa shape index (κ1) is 17.8. The van der Waals surface area contributed by atoms with Crippen LogP contribution in [-0.2, 0) is 0 Å². The number of aromatic nitrogens is 2. The first-order valence-electron chi connectivity index (χ1n) is 9.96. The third kappa shape index (κ3) is 3.75. The van der Waals surface area contributed by atoms with Crippen LogP contribution in [0.1, 0.15) is 66.1 Å². The molecule has 0 aromatic carbocycles. The Morgan fingerprint density at radius 3 is 2.74 bits per heavy atom. The minimum atomic E-state index is -0.229. The highest BCUT2D eigenvalue weighted by Gasteiger charge is 2.26. The molecule has 2 amide bonds. The van der Waals surface area contributed by atoms with E-state index in [1.54, 1.807) is 10.6 Å². The third-order valence-corrected chi connectivity index (χ3v) is 5.46. The Hall–Kier alpha value is -2.63. The van der Waals surface area contributed by atoms with Crippen molar-refractivity contribution in [3.8, 4) is 0 Å². The standard InChI is InChI=1S/C21H26N4O2/c26-20(22-12-11-16-8-2-1-3-9-16)19-23-18(17-10-4-5-15-25(17)19)21(27)24-13-6-7-14-24/h4-5,8,10,15H,1-3,6-7,9,11-14H2,(H,22,26). The van der Waals surface area contributed by atoms with E-state index in [0.29, 0.717) is 17.8 Å². The van der Waals surface area contributed by atoms with Gasteiger partial charge in [-0.3, -0.25) is 14.0 Å². The SMILES string of the molecule is O=C(NCCC1=CCCCC1)c1nc(C(=O)N2CCCC2)c2ccccn12. The highest BCUT2D eigenvalue weighted by molar-refractivity contribution is 6.02. The molecule has 142 valence electrons. The van der Waals surface area contributed by atoms with Gasteiger partial charge in [-0.15, -0.1) is 0 Å². The number of imidazole rings is 1. The lowest BCUT2D eigenvalue weighted by Crippen LogP contribution is -2.29. The minimum absolute atomic E-state index is 0.0809. The van der Waals surface area contributed by atoms with Crippen molar-refractivity contribution in [2.75, 3.05) is 19.6 Å². The molecule has 2 aromatic heterocycles. The van der Waals surface area contributed by atoms with Crippen LogP contribution in [0.2, 0.25) is 0 Å². The summed E-state index contributed by atoms with van der Waals surface area (Å²) >= 11 is 0. The molecule has 0 spiro atoms. The van der Waals surface area contributed by atoms with Crippen LogP contribution in [-0.4, -0.2) is 45.7 Å². The molecule has 1 aliphatic carbocycles. The van der Waals surface area contributed by atoms with Crippen molar-refractivity contribution in [1.82, 2.24) is 19.6 Å². The lowest BCUT2D eigenvalue weighted by atomic mass is 9.97. The summed E-state index contributed by atoms with van der Waals surface area (Å²) in [5.74, 6) is -0.0264. The Morgan fingerprint density at radius 1 is 1.11 bits per heavy atom. The van der Waals surface area contributed by atoms with E-state index in [0.717, 1.165) is 45.2 Å².